The summed E-state index contributed by atoms with van der Waals surface area (Å²) in [6, 6.07) is 7.87. The fraction of sp³-hybridized carbons (Fsp3) is 0.294. The Balaban J connectivity index is 1.97. The molecule has 0 saturated heterocycles. The van der Waals surface area contributed by atoms with Crippen LogP contribution in [0.25, 0.3) is 10.9 Å². The van der Waals surface area contributed by atoms with Crippen molar-refractivity contribution in [2.75, 3.05) is 25.5 Å². The van der Waals surface area contributed by atoms with Gasteiger partial charge in [-0.3, -0.25) is 9.59 Å². The van der Waals surface area contributed by atoms with Gasteiger partial charge in [0.1, 0.15) is 0 Å². The zero-order chi connectivity index (χ0) is 15.7. The number of aromatic nitrogens is 1. The first-order chi connectivity index (χ1) is 10.6. The number of benzene rings is 1. The molecule has 0 unspecified atom stereocenters. The van der Waals surface area contributed by atoms with Crippen LogP contribution < -0.4 is 4.90 Å². The van der Waals surface area contributed by atoms with Crippen LogP contribution in [0.1, 0.15) is 6.42 Å². The van der Waals surface area contributed by atoms with Gasteiger partial charge in [0.15, 0.2) is 0 Å². The van der Waals surface area contributed by atoms with Crippen molar-refractivity contribution in [3.05, 3.63) is 42.6 Å². The lowest BCUT2D eigenvalue weighted by Crippen LogP contribution is -2.29. The molecule has 2 heterocycles. The van der Waals surface area contributed by atoms with E-state index in [-0.39, 0.29) is 11.8 Å². The summed E-state index contributed by atoms with van der Waals surface area (Å²) in [6.07, 6.45) is 5.55. The summed E-state index contributed by atoms with van der Waals surface area (Å²) in [4.78, 5) is 27.3. The Kier molecular flexibility index (Phi) is 3.81. The Morgan fingerprint density at radius 2 is 1.73 bits per heavy atom. The van der Waals surface area contributed by atoms with E-state index < -0.39 is 0 Å². The molecule has 2 amide bonds. The van der Waals surface area contributed by atoms with Crippen LogP contribution >= 0.6 is 0 Å². The second-order valence-corrected chi connectivity index (χ2v) is 5.73. The Morgan fingerprint density at radius 1 is 1.05 bits per heavy atom. The van der Waals surface area contributed by atoms with E-state index in [1.54, 1.807) is 0 Å². The van der Waals surface area contributed by atoms with Crippen LogP contribution in [-0.4, -0.2) is 41.9 Å². The molecule has 0 aliphatic carbocycles. The lowest BCUT2D eigenvalue weighted by atomic mass is 10.2. The second kappa shape index (κ2) is 5.77. The summed E-state index contributed by atoms with van der Waals surface area (Å²) in [5.41, 5.74) is 1.71. The highest BCUT2D eigenvalue weighted by Crippen LogP contribution is 2.31. The standard InChI is InChI=1S/C17H19N3O2/c1-18(2)10-5-11-19-12-15(13-6-3-4-7-14(13)19)20-16(21)8-9-17(20)22/h3-4,6-9,12H,5,10-11H2,1-2H3. The smallest absolute Gasteiger partial charge is 0.258 e. The summed E-state index contributed by atoms with van der Waals surface area (Å²) in [5.74, 6) is -0.553. The third-order valence-corrected chi connectivity index (χ3v) is 3.82. The first kappa shape index (κ1) is 14.5. The van der Waals surface area contributed by atoms with Crippen LogP contribution in [0.2, 0.25) is 0 Å². The molecule has 3 rings (SSSR count). The minimum absolute atomic E-state index is 0.277. The van der Waals surface area contributed by atoms with Crippen molar-refractivity contribution >= 4 is 28.4 Å². The number of anilines is 1. The van der Waals surface area contributed by atoms with Gasteiger partial charge >= 0.3 is 0 Å². The summed E-state index contributed by atoms with van der Waals surface area (Å²) in [6.45, 7) is 1.84. The summed E-state index contributed by atoms with van der Waals surface area (Å²) < 4.78 is 2.12. The maximum atomic E-state index is 11.9. The average Bonchev–Trinajstić information content (AvgIpc) is 3.00. The number of imide groups is 1. The van der Waals surface area contributed by atoms with Crippen LogP contribution in [0.5, 0.6) is 0 Å². The Morgan fingerprint density at radius 3 is 2.41 bits per heavy atom. The van der Waals surface area contributed by atoms with Gasteiger partial charge in [-0.25, -0.2) is 4.90 Å². The van der Waals surface area contributed by atoms with E-state index in [2.05, 4.69) is 9.47 Å². The number of para-hydroxylation sites is 1. The lowest BCUT2D eigenvalue weighted by Gasteiger charge is -2.12. The molecule has 5 heteroatoms. The number of hydrogen-bond donors (Lipinski definition) is 0. The van der Waals surface area contributed by atoms with E-state index in [1.807, 2.05) is 44.6 Å². The molecule has 0 atom stereocenters. The van der Waals surface area contributed by atoms with Gasteiger partial charge in [-0.15, -0.1) is 0 Å². The third-order valence-electron chi connectivity index (χ3n) is 3.82. The van der Waals surface area contributed by atoms with Crippen LogP contribution in [-0.2, 0) is 16.1 Å². The molecule has 2 aromatic rings. The Hall–Kier alpha value is -2.40. The van der Waals surface area contributed by atoms with Gasteiger partial charge in [0.05, 0.1) is 11.2 Å². The maximum absolute atomic E-state index is 11.9. The van der Waals surface area contributed by atoms with Gasteiger partial charge in [-0.1, -0.05) is 18.2 Å². The van der Waals surface area contributed by atoms with Gasteiger partial charge < -0.3 is 9.47 Å². The van der Waals surface area contributed by atoms with Gasteiger partial charge in [0, 0.05) is 30.3 Å². The molecule has 22 heavy (non-hydrogen) atoms. The molecule has 114 valence electrons. The minimum Gasteiger partial charge on any atom is -0.345 e. The largest absolute Gasteiger partial charge is 0.345 e. The highest BCUT2D eigenvalue weighted by Gasteiger charge is 2.28. The molecule has 0 N–H and O–H groups in total. The van der Waals surface area contributed by atoms with E-state index in [0.29, 0.717) is 5.69 Å². The summed E-state index contributed by atoms with van der Waals surface area (Å²) in [7, 11) is 4.10. The summed E-state index contributed by atoms with van der Waals surface area (Å²) in [5, 5.41) is 0.928. The van der Waals surface area contributed by atoms with Crippen molar-refractivity contribution in [1.29, 1.82) is 0 Å². The molecule has 1 aliphatic rings. The van der Waals surface area contributed by atoms with E-state index >= 15 is 0 Å². The van der Waals surface area contributed by atoms with Crippen LogP contribution in [0.3, 0.4) is 0 Å². The first-order valence-corrected chi connectivity index (χ1v) is 7.36. The van der Waals surface area contributed by atoms with Crippen molar-refractivity contribution in [2.24, 2.45) is 0 Å². The van der Waals surface area contributed by atoms with E-state index in [9.17, 15) is 9.59 Å². The molecule has 1 aromatic carbocycles. The Labute approximate surface area is 129 Å². The molecule has 0 radical (unpaired) electrons. The van der Waals surface area contributed by atoms with Gasteiger partial charge in [0.2, 0.25) is 0 Å². The highest BCUT2D eigenvalue weighted by atomic mass is 16.2. The van der Waals surface area contributed by atoms with Crippen molar-refractivity contribution in [3.8, 4) is 0 Å². The molecule has 1 aliphatic heterocycles. The lowest BCUT2D eigenvalue weighted by molar-refractivity contribution is -0.119. The average molecular weight is 297 g/mol. The fourth-order valence-corrected chi connectivity index (χ4v) is 2.79. The van der Waals surface area contributed by atoms with Crippen molar-refractivity contribution in [1.82, 2.24) is 9.47 Å². The molecular formula is C17H19N3O2. The number of amides is 2. The molecule has 5 nitrogen and oxygen atoms in total. The van der Waals surface area contributed by atoms with E-state index in [4.69, 9.17) is 0 Å². The first-order valence-electron chi connectivity index (χ1n) is 7.36. The maximum Gasteiger partial charge on any atom is 0.258 e. The zero-order valence-electron chi connectivity index (χ0n) is 12.8. The monoisotopic (exact) mass is 297 g/mol. The molecule has 0 bridgehead atoms. The van der Waals surface area contributed by atoms with Gasteiger partial charge in [-0.2, -0.15) is 0 Å². The van der Waals surface area contributed by atoms with E-state index in [1.165, 1.54) is 17.1 Å². The van der Waals surface area contributed by atoms with E-state index in [0.717, 1.165) is 30.4 Å². The van der Waals surface area contributed by atoms with Crippen LogP contribution in [0.4, 0.5) is 5.69 Å². The van der Waals surface area contributed by atoms with Gasteiger partial charge in [-0.05, 0) is 33.1 Å². The minimum atomic E-state index is -0.277. The van der Waals surface area contributed by atoms with Crippen LogP contribution in [0.15, 0.2) is 42.6 Å². The molecular weight excluding hydrogens is 278 g/mol. The molecule has 0 spiro atoms. The highest BCUT2D eigenvalue weighted by molar-refractivity contribution is 6.30. The van der Waals surface area contributed by atoms with Gasteiger partial charge in [0.25, 0.3) is 11.8 Å². The molecule has 0 fully saturated rings. The predicted octanol–water partition coefficient (Wildman–Crippen LogP) is 2.02. The predicted molar refractivity (Wildman–Crippen MR) is 86.7 cm³/mol. The normalized spacial score (nSPS) is 14.8. The van der Waals surface area contributed by atoms with Crippen molar-refractivity contribution < 1.29 is 9.59 Å². The van der Waals surface area contributed by atoms with Crippen molar-refractivity contribution in [2.45, 2.75) is 13.0 Å². The fourth-order valence-electron chi connectivity index (χ4n) is 2.79. The second-order valence-electron chi connectivity index (χ2n) is 5.73. The number of aryl methyl sites for hydroxylation is 1. The molecule has 1 aromatic heterocycles. The Bertz CT molecular complexity index is 740. The molecule has 0 saturated carbocycles. The quantitative estimate of drug-likeness (QED) is 0.793. The number of nitrogens with zero attached hydrogens (tertiary/aromatic N) is 3. The number of fused-ring (bicyclic) bond motifs is 1. The number of carbonyl (C=O) groups excluding carboxylic acids is 2. The third kappa shape index (κ3) is 2.55. The topological polar surface area (TPSA) is 45.5 Å². The number of hydrogen-bond acceptors (Lipinski definition) is 3. The van der Waals surface area contributed by atoms with Crippen molar-refractivity contribution in [3.63, 3.8) is 0 Å². The van der Waals surface area contributed by atoms with Crippen LogP contribution in [0, 0.1) is 0 Å². The number of carbonyl (C=O) groups is 2. The SMILES string of the molecule is CN(C)CCCn1cc(N2C(=O)C=CC2=O)c2ccccc21. The zero-order valence-corrected chi connectivity index (χ0v) is 12.8. The number of rotatable bonds is 5. The summed E-state index contributed by atoms with van der Waals surface area (Å²) >= 11 is 0.